The highest BCUT2D eigenvalue weighted by Gasteiger charge is 2.62. The molecule has 1 atom stereocenters. The van der Waals surface area contributed by atoms with Crippen LogP contribution in [-0.4, -0.2) is 24.2 Å². The number of oxime groups is 1. The number of hydrogen-bond acceptors (Lipinski definition) is 4. The molecule has 1 aliphatic rings. The van der Waals surface area contributed by atoms with Crippen LogP contribution in [0.2, 0.25) is 15.1 Å². The number of alkyl halides is 3. The maximum atomic E-state index is 14.1. The average Bonchev–Trinajstić information content (AvgIpc) is 3.07. The minimum absolute atomic E-state index is 0.0274. The maximum Gasteiger partial charge on any atom is 0.435 e. The van der Waals surface area contributed by atoms with Crippen LogP contribution in [0, 0.1) is 0 Å². The van der Waals surface area contributed by atoms with Crippen LogP contribution in [0.4, 0.5) is 18.9 Å². The van der Waals surface area contributed by atoms with Gasteiger partial charge in [-0.15, -0.1) is 0 Å². The lowest BCUT2D eigenvalue weighted by Crippen LogP contribution is -2.42. The molecule has 0 saturated carbocycles. The molecule has 4 nitrogen and oxygen atoms in total. The van der Waals surface area contributed by atoms with Crippen molar-refractivity contribution in [3.63, 3.8) is 0 Å². The first-order valence-electron chi connectivity index (χ1n) is 8.33. The Kier molecular flexibility index (Phi) is 6.03. The molecule has 154 valence electrons. The summed E-state index contributed by atoms with van der Waals surface area (Å²) in [4.78, 5) is 16.2. The van der Waals surface area contributed by atoms with E-state index in [9.17, 15) is 18.0 Å². The van der Waals surface area contributed by atoms with E-state index < -0.39 is 18.2 Å². The molecule has 1 unspecified atom stereocenters. The van der Waals surface area contributed by atoms with E-state index in [0.717, 1.165) is 12.1 Å². The third kappa shape index (κ3) is 4.47. The van der Waals surface area contributed by atoms with Gasteiger partial charge in [0.15, 0.2) is 0 Å². The molecule has 2 aromatic rings. The second kappa shape index (κ2) is 8.05. The van der Waals surface area contributed by atoms with E-state index in [0.29, 0.717) is 16.3 Å². The van der Waals surface area contributed by atoms with Gasteiger partial charge in [0.05, 0.1) is 23.0 Å². The van der Waals surface area contributed by atoms with Crippen molar-refractivity contribution in [3.05, 3.63) is 62.6 Å². The van der Waals surface area contributed by atoms with E-state index in [2.05, 4.69) is 10.5 Å². The molecule has 0 bridgehead atoms. The Labute approximate surface area is 179 Å². The molecule has 3 rings (SSSR count). The van der Waals surface area contributed by atoms with Crippen LogP contribution in [-0.2, 0) is 15.2 Å². The van der Waals surface area contributed by atoms with Crippen molar-refractivity contribution in [1.82, 2.24) is 0 Å². The van der Waals surface area contributed by atoms with E-state index in [1.165, 1.54) is 31.2 Å². The van der Waals surface area contributed by atoms with Gasteiger partial charge in [-0.1, -0.05) is 46.0 Å². The number of hydrogen-bond donors (Lipinski definition) is 1. The summed E-state index contributed by atoms with van der Waals surface area (Å²) in [6.07, 6.45) is -5.37. The number of carbonyl (C=O) groups is 1. The van der Waals surface area contributed by atoms with E-state index in [1.807, 2.05) is 0 Å². The van der Waals surface area contributed by atoms with Gasteiger partial charge in [-0.05, 0) is 37.3 Å². The zero-order valence-corrected chi connectivity index (χ0v) is 17.2. The molecule has 1 aliphatic heterocycles. The van der Waals surface area contributed by atoms with Crippen molar-refractivity contribution >= 4 is 52.0 Å². The first-order chi connectivity index (χ1) is 13.5. The Bertz CT molecular complexity index is 975. The van der Waals surface area contributed by atoms with Gasteiger partial charge in [-0.2, -0.15) is 13.2 Å². The first kappa shape index (κ1) is 21.7. The fraction of sp³-hybridized carbons (Fsp3) is 0.263. The largest absolute Gasteiger partial charge is 0.435 e. The lowest BCUT2D eigenvalue weighted by Gasteiger charge is -2.29. The monoisotopic (exact) mass is 464 g/mol. The Hall–Kier alpha value is -1.96. The number of anilines is 1. The molecule has 0 amide bonds. The van der Waals surface area contributed by atoms with Crippen molar-refractivity contribution < 1.29 is 22.8 Å². The number of halogens is 6. The predicted molar refractivity (Wildman–Crippen MR) is 107 cm³/mol. The number of rotatable bonds is 5. The van der Waals surface area contributed by atoms with Crippen LogP contribution in [0.1, 0.15) is 24.5 Å². The highest BCUT2D eigenvalue weighted by Crippen LogP contribution is 2.49. The minimum atomic E-state index is -4.78. The Morgan fingerprint density at radius 3 is 2.41 bits per heavy atom. The Morgan fingerprint density at radius 2 is 1.83 bits per heavy atom. The lowest BCUT2D eigenvalue weighted by molar-refractivity contribution is -0.275. The van der Waals surface area contributed by atoms with Crippen LogP contribution < -0.4 is 5.32 Å². The number of ketones is 1. The summed E-state index contributed by atoms with van der Waals surface area (Å²) in [6.45, 7) is 1.42. The molecule has 29 heavy (non-hydrogen) atoms. The van der Waals surface area contributed by atoms with E-state index >= 15 is 0 Å². The van der Waals surface area contributed by atoms with Crippen molar-refractivity contribution in [2.45, 2.75) is 25.1 Å². The fourth-order valence-corrected chi connectivity index (χ4v) is 3.62. The van der Waals surface area contributed by atoms with Gasteiger partial charge in [-0.25, -0.2) is 0 Å². The van der Waals surface area contributed by atoms with Gasteiger partial charge >= 0.3 is 6.18 Å². The Balaban J connectivity index is 1.97. The van der Waals surface area contributed by atoms with Gasteiger partial charge in [0, 0.05) is 27.6 Å². The van der Waals surface area contributed by atoms with Gasteiger partial charge < -0.3 is 10.2 Å². The number of nitrogens with one attached hydrogen (secondary N) is 1. The summed E-state index contributed by atoms with van der Waals surface area (Å²) in [6, 6.07) is 8.19. The number of Topliss-reactive ketones (excluding diaryl/α,β-unsaturated/α-hetero) is 1. The topological polar surface area (TPSA) is 50.7 Å². The van der Waals surface area contributed by atoms with E-state index in [1.54, 1.807) is 0 Å². The minimum Gasteiger partial charge on any atom is -0.377 e. The number of benzene rings is 2. The molecule has 10 heteroatoms. The van der Waals surface area contributed by atoms with Crippen molar-refractivity contribution in [3.8, 4) is 0 Å². The SMILES string of the molecule is CC(=O)CNc1cc(C2=NOC(c3cc(Cl)cc(Cl)c3)(C(F)(F)F)C2)ccc1Cl. The Morgan fingerprint density at radius 1 is 1.17 bits per heavy atom. The third-order valence-corrected chi connectivity index (χ3v) is 5.11. The molecular weight excluding hydrogens is 452 g/mol. The molecule has 1 N–H and O–H groups in total. The quantitative estimate of drug-likeness (QED) is 0.569. The molecule has 0 spiro atoms. The third-order valence-electron chi connectivity index (χ3n) is 4.34. The van der Waals surface area contributed by atoms with Crippen LogP contribution in [0.25, 0.3) is 0 Å². The van der Waals surface area contributed by atoms with Crippen molar-refractivity contribution in [2.75, 3.05) is 11.9 Å². The smallest absolute Gasteiger partial charge is 0.377 e. The number of nitrogens with zero attached hydrogens (tertiary/aromatic N) is 1. The zero-order chi connectivity index (χ0) is 21.4. The van der Waals surface area contributed by atoms with Crippen LogP contribution in [0.5, 0.6) is 0 Å². The van der Waals surface area contributed by atoms with Gasteiger partial charge in [0.25, 0.3) is 5.60 Å². The maximum absolute atomic E-state index is 14.1. The lowest BCUT2D eigenvalue weighted by atomic mass is 9.86. The molecule has 0 aliphatic carbocycles. The summed E-state index contributed by atoms with van der Waals surface area (Å²) >= 11 is 17.9. The predicted octanol–water partition coefficient (Wildman–Crippen LogP) is 6.23. The highest BCUT2D eigenvalue weighted by atomic mass is 35.5. The first-order valence-corrected chi connectivity index (χ1v) is 9.47. The molecule has 0 radical (unpaired) electrons. The van der Waals surface area contributed by atoms with E-state index in [-0.39, 0.29) is 33.6 Å². The van der Waals surface area contributed by atoms with E-state index in [4.69, 9.17) is 39.6 Å². The standard InChI is InChI=1S/C19H14Cl3F3N2O2/c1-10(28)9-26-16-4-11(2-3-15(16)22)17-8-18(29-27-17,19(23,24)25)12-5-13(20)7-14(21)6-12/h2-7,26H,8-9H2,1H3. The van der Waals surface area contributed by atoms with Gasteiger partial charge in [0.1, 0.15) is 5.78 Å². The summed E-state index contributed by atoms with van der Waals surface area (Å²) < 4.78 is 42.2. The summed E-state index contributed by atoms with van der Waals surface area (Å²) in [5.41, 5.74) is -2.12. The molecular formula is C19H14Cl3F3N2O2. The summed E-state index contributed by atoms with van der Waals surface area (Å²) in [5.74, 6) is -0.123. The van der Waals surface area contributed by atoms with Gasteiger partial charge in [-0.3, -0.25) is 4.79 Å². The second-order valence-electron chi connectivity index (χ2n) is 6.54. The molecule has 0 saturated heterocycles. The van der Waals surface area contributed by atoms with Gasteiger partial charge in [0.2, 0.25) is 0 Å². The van der Waals surface area contributed by atoms with Crippen molar-refractivity contribution in [2.24, 2.45) is 5.16 Å². The fourth-order valence-electron chi connectivity index (χ4n) is 2.91. The van der Waals surface area contributed by atoms with Crippen LogP contribution in [0.15, 0.2) is 41.6 Å². The zero-order valence-electron chi connectivity index (χ0n) is 14.9. The average molecular weight is 466 g/mol. The number of carbonyl (C=O) groups excluding carboxylic acids is 1. The molecule has 0 fully saturated rings. The second-order valence-corrected chi connectivity index (χ2v) is 7.82. The molecule has 1 heterocycles. The highest BCUT2D eigenvalue weighted by molar-refractivity contribution is 6.34. The summed E-state index contributed by atoms with van der Waals surface area (Å²) in [5, 5.41) is 6.96. The van der Waals surface area contributed by atoms with Crippen LogP contribution in [0.3, 0.4) is 0 Å². The van der Waals surface area contributed by atoms with Crippen LogP contribution >= 0.6 is 34.8 Å². The normalized spacial score (nSPS) is 18.9. The van der Waals surface area contributed by atoms with Crippen molar-refractivity contribution in [1.29, 1.82) is 0 Å². The summed E-state index contributed by atoms with van der Waals surface area (Å²) in [7, 11) is 0. The molecule has 2 aromatic carbocycles. The molecule has 0 aromatic heterocycles.